The van der Waals surface area contributed by atoms with E-state index in [1.165, 1.54) is 0 Å². The first-order chi connectivity index (χ1) is 9.80. The molecule has 0 unspecified atom stereocenters. The smallest absolute Gasteiger partial charge is 0.0994 e. The Morgan fingerprint density at radius 1 is 1.00 bits per heavy atom. The third kappa shape index (κ3) is 3.40. The molecule has 20 heavy (non-hydrogen) atoms. The normalized spacial score (nSPS) is 14.1. The summed E-state index contributed by atoms with van der Waals surface area (Å²) in [5, 5.41) is 17.0. The molecule has 3 rings (SSSR count). The summed E-state index contributed by atoms with van der Waals surface area (Å²) in [6.07, 6.45) is 5.78. The van der Waals surface area contributed by atoms with Gasteiger partial charge in [-0.3, -0.25) is 9.97 Å². The standard InChI is InChI=1S/C9H8N2.C7H6N2/c10-7-9(4-5-9)8-3-1-2-6-11-8;8-5-4-7-3-1-2-6-9-7/h1-3,6H,4-5H2;1-3,6H,4H2. The second-order valence-electron chi connectivity index (χ2n) is 4.56. The quantitative estimate of drug-likeness (QED) is 0.834. The van der Waals surface area contributed by atoms with Gasteiger partial charge in [-0.05, 0) is 37.1 Å². The van der Waals surface area contributed by atoms with Gasteiger partial charge in [-0.1, -0.05) is 12.1 Å². The lowest BCUT2D eigenvalue weighted by molar-refractivity contribution is 0.854. The third-order valence-corrected chi connectivity index (χ3v) is 3.11. The predicted octanol–water partition coefficient (Wildman–Crippen LogP) is 2.78. The van der Waals surface area contributed by atoms with E-state index in [9.17, 15) is 0 Å². The molecule has 4 nitrogen and oxygen atoms in total. The average molecular weight is 262 g/mol. The fraction of sp³-hybridized carbons (Fsp3) is 0.250. The Morgan fingerprint density at radius 2 is 1.70 bits per heavy atom. The maximum Gasteiger partial charge on any atom is 0.0994 e. The van der Waals surface area contributed by atoms with Gasteiger partial charge in [-0.25, -0.2) is 0 Å². The fourth-order valence-corrected chi connectivity index (χ4v) is 1.78. The Morgan fingerprint density at radius 3 is 2.15 bits per heavy atom. The van der Waals surface area contributed by atoms with Gasteiger partial charge in [-0.15, -0.1) is 0 Å². The first kappa shape index (κ1) is 13.7. The molecular formula is C16H14N4. The summed E-state index contributed by atoms with van der Waals surface area (Å²) in [6.45, 7) is 0. The molecule has 2 aromatic rings. The Kier molecular flexibility index (Phi) is 4.42. The maximum absolute atomic E-state index is 8.82. The van der Waals surface area contributed by atoms with Gasteiger partial charge in [0.05, 0.1) is 35.4 Å². The zero-order chi connectivity index (χ0) is 14.3. The zero-order valence-electron chi connectivity index (χ0n) is 11.0. The van der Waals surface area contributed by atoms with Gasteiger partial charge in [0, 0.05) is 12.4 Å². The van der Waals surface area contributed by atoms with Gasteiger partial charge in [0.2, 0.25) is 0 Å². The molecule has 98 valence electrons. The van der Waals surface area contributed by atoms with Crippen molar-refractivity contribution in [2.75, 3.05) is 0 Å². The lowest BCUT2D eigenvalue weighted by atomic mass is 10.0. The number of nitriles is 2. The van der Waals surface area contributed by atoms with E-state index in [0.717, 1.165) is 24.2 Å². The van der Waals surface area contributed by atoms with Crippen molar-refractivity contribution >= 4 is 0 Å². The van der Waals surface area contributed by atoms with E-state index in [1.807, 2.05) is 42.5 Å². The van der Waals surface area contributed by atoms with Gasteiger partial charge in [0.15, 0.2) is 0 Å². The van der Waals surface area contributed by atoms with Crippen LogP contribution < -0.4 is 0 Å². The number of hydrogen-bond acceptors (Lipinski definition) is 4. The Balaban J connectivity index is 0.000000151. The van der Waals surface area contributed by atoms with Crippen LogP contribution in [0.5, 0.6) is 0 Å². The van der Waals surface area contributed by atoms with Gasteiger partial charge in [-0.2, -0.15) is 10.5 Å². The monoisotopic (exact) mass is 262 g/mol. The number of aromatic nitrogens is 2. The van der Waals surface area contributed by atoms with Crippen molar-refractivity contribution in [1.29, 1.82) is 10.5 Å². The summed E-state index contributed by atoms with van der Waals surface area (Å²) < 4.78 is 0. The Labute approximate surface area is 118 Å². The Bertz CT molecular complexity index is 619. The van der Waals surface area contributed by atoms with Crippen LogP contribution in [0.4, 0.5) is 0 Å². The predicted molar refractivity (Wildman–Crippen MR) is 74.3 cm³/mol. The molecule has 0 aromatic carbocycles. The molecule has 1 aliphatic carbocycles. The van der Waals surface area contributed by atoms with Crippen LogP contribution in [-0.2, 0) is 11.8 Å². The van der Waals surface area contributed by atoms with Crippen LogP contribution in [0.1, 0.15) is 24.2 Å². The number of hydrogen-bond donors (Lipinski definition) is 0. The maximum atomic E-state index is 8.82. The van der Waals surface area contributed by atoms with Gasteiger partial charge >= 0.3 is 0 Å². The van der Waals surface area contributed by atoms with Crippen molar-refractivity contribution in [2.24, 2.45) is 0 Å². The van der Waals surface area contributed by atoms with E-state index in [2.05, 4.69) is 16.0 Å². The van der Waals surface area contributed by atoms with Gasteiger partial charge in [0.25, 0.3) is 0 Å². The van der Waals surface area contributed by atoms with Crippen LogP contribution in [-0.4, -0.2) is 9.97 Å². The van der Waals surface area contributed by atoms with Crippen LogP contribution in [0, 0.1) is 22.7 Å². The van der Waals surface area contributed by atoms with Gasteiger partial charge < -0.3 is 0 Å². The molecule has 0 saturated heterocycles. The largest absolute Gasteiger partial charge is 0.260 e. The minimum Gasteiger partial charge on any atom is -0.260 e. The van der Waals surface area contributed by atoms with Crippen molar-refractivity contribution in [2.45, 2.75) is 24.7 Å². The van der Waals surface area contributed by atoms with Crippen molar-refractivity contribution < 1.29 is 0 Å². The minimum absolute atomic E-state index is 0.221. The van der Waals surface area contributed by atoms with Crippen LogP contribution in [0.2, 0.25) is 0 Å². The van der Waals surface area contributed by atoms with E-state index >= 15 is 0 Å². The van der Waals surface area contributed by atoms with Crippen LogP contribution in [0.15, 0.2) is 48.8 Å². The van der Waals surface area contributed by atoms with E-state index in [-0.39, 0.29) is 5.41 Å². The molecule has 0 atom stereocenters. The highest BCUT2D eigenvalue weighted by Crippen LogP contribution is 2.46. The summed E-state index contributed by atoms with van der Waals surface area (Å²) in [7, 11) is 0. The summed E-state index contributed by atoms with van der Waals surface area (Å²) in [4.78, 5) is 8.11. The molecule has 0 bridgehead atoms. The van der Waals surface area contributed by atoms with Crippen molar-refractivity contribution in [3.8, 4) is 12.1 Å². The van der Waals surface area contributed by atoms with Crippen LogP contribution in [0.3, 0.4) is 0 Å². The van der Waals surface area contributed by atoms with Crippen LogP contribution in [0.25, 0.3) is 0 Å². The summed E-state index contributed by atoms with van der Waals surface area (Å²) in [6, 6.07) is 15.6. The highest BCUT2D eigenvalue weighted by atomic mass is 14.7. The highest BCUT2D eigenvalue weighted by Gasteiger charge is 2.46. The summed E-state index contributed by atoms with van der Waals surface area (Å²) in [5.74, 6) is 0. The summed E-state index contributed by atoms with van der Waals surface area (Å²) in [5.41, 5.74) is 1.55. The number of pyridine rings is 2. The zero-order valence-corrected chi connectivity index (χ0v) is 11.0. The van der Waals surface area contributed by atoms with Crippen molar-refractivity contribution in [3.63, 3.8) is 0 Å². The molecular weight excluding hydrogens is 248 g/mol. The molecule has 0 aliphatic heterocycles. The Hall–Kier alpha value is -2.72. The van der Waals surface area contributed by atoms with E-state index in [1.54, 1.807) is 12.4 Å². The second kappa shape index (κ2) is 6.45. The highest BCUT2D eigenvalue weighted by molar-refractivity contribution is 5.33. The molecule has 0 N–H and O–H groups in total. The molecule has 2 heterocycles. The molecule has 0 radical (unpaired) electrons. The second-order valence-corrected chi connectivity index (χ2v) is 4.56. The molecule has 1 saturated carbocycles. The van der Waals surface area contributed by atoms with Gasteiger partial charge in [0.1, 0.15) is 0 Å². The molecule has 0 spiro atoms. The lowest BCUT2D eigenvalue weighted by Gasteiger charge is -2.01. The minimum atomic E-state index is -0.221. The molecule has 4 heteroatoms. The molecule has 2 aromatic heterocycles. The van der Waals surface area contributed by atoms with E-state index < -0.39 is 0 Å². The van der Waals surface area contributed by atoms with Crippen molar-refractivity contribution in [1.82, 2.24) is 9.97 Å². The van der Waals surface area contributed by atoms with Crippen molar-refractivity contribution in [3.05, 3.63) is 60.2 Å². The summed E-state index contributed by atoms with van der Waals surface area (Å²) >= 11 is 0. The number of nitrogens with zero attached hydrogens (tertiary/aromatic N) is 4. The fourth-order valence-electron chi connectivity index (χ4n) is 1.78. The third-order valence-electron chi connectivity index (χ3n) is 3.11. The van der Waals surface area contributed by atoms with E-state index in [4.69, 9.17) is 10.5 Å². The molecule has 1 fully saturated rings. The van der Waals surface area contributed by atoms with E-state index in [0.29, 0.717) is 6.42 Å². The first-order valence-corrected chi connectivity index (χ1v) is 6.40. The first-order valence-electron chi connectivity index (χ1n) is 6.40. The average Bonchev–Trinajstić information content (AvgIpc) is 3.32. The number of rotatable bonds is 2. The van der Waals surface area contributed by atoms with Crippen LogP contribution >= 0.6 is 0 Å². The SMILES string of the molecule is N#CC1(c2ccccn2)CC1.N#CCc1ccccn1. The molecule has 0 amide bonds. The lowest BCUT2D eigenvalue weighted by Crippen LogP contribution is -2.04. The topological polar surface area (TPSA) is 73.4 Å². The molecule has 1 aliphatic rings.